The van der Waals surface area contributed by atoms with Gasteiger partial charge >= 0.3 is 5.97 Å². The van der Waals surface area contributed by atoms with E-state index >= 15 is 0 Å². The molecule has 8 heteroatoms. The minimum Gasteiger partial charge on any atom is -0.465 e. The average molecular weight is 319 g/mol. The van der Waals surface area contributed by atoms with E-state index < -0.39 is 10.0 Å². The van der Waals surface area contributed by atoms with Gasteiger partial charge in [0, 0.05) is 18.1 Å². The maximum Gasteiger partial charge on any atom is 0.311 e. The van der Waals surface area contributed by atoms with Gasteiger partial charge in [-0.1, -0.05) is 0 Å². The standard InChI is InChI=1S/C12H17NO5S2/c13-20(15,16)12-2-1-10(19-12)7-11(14)18-8-9-3-5-17-6-4-9/h1-2,9H,3-8H2,(H2,13,15,16). The van der Waals surface area contributed by atoms with Crippen LogP contribution in [0.2, 0.25) is 0 Å². The van der Waals surface area contributed by atoms with Crippen LogP contribution in [0.25, 0.3) is 0 Å². The first kappa shape index (κ1) is 15.4. The summed E-state index contributed by atoms with van der Waals surface area (Å²) < 4.78 is 32.7. The Morgan fingerprint density at radius 2 is 2.10 bits per heavy atom. The van der Waals surface area contributed by atoms with Crippen LogP contribution in [-0.4, -0.2) is 34.2 Å². The maximum atomic E-state index is 11.7. The molecule has 0 bridgehead atoms. The van der Waals surface area contributed by atoms with Crippen LogP contribution in [0.3, 0.4) is 0 Å². The van der Waals surface area contributed by atoms with Gasteiger partial charge in [0.25, 0.3) is 0 Å². The Bertz CT molecular complexity index is 560. The van der Waals surface area contributed by atoms with Gasteiger partial charge in [-0.15, -0.1) is 11.3 Å². The molecule has 1 fully saturated rings. The van der Waals surface area contributed by atoms with Crippen molar-refractivity contribution in [1.82, 2.24) is 0 Å². The third-order valence-corrected chi connectivity index (χ3v) is 5.58. The molecule has 2 rings (SSSR count). The SMILES string of the molecule is NS(=O)(=O)c1ccc(CC(=O)OCC2CCOCC2)s1. The molecule has 20 heavy (non-hydrogen) atoms. The van der Waals surface area contributed by atoms with Crippen LogP contribution >= 0.6 is 11.3 Å². The average Bonchev–Trinajstić information content (AvgIpc) is 2.86. The molecule has 0 aromatic carbocycles. The summed E-state index contributed by atoms with van der Waals surface area (Å²) in [6, 6.07) is 2.99. The summed E-state index contributed by atoms with van der Waals surface area (Å²) in [6.45, 7) is 1.82. The molecule has 1 aromatic heterocycles. The molecule has 6 nitrogen and oxygen atoms in total. The van der Waals surface area contributed by atoms with E-state index in [1.54, 1.807) is 6.07 Å². The molecule has 0 saturated carbocycles. The summed E-state index contributed by atoms with van der Waals surface area (Å²) in [4.78, 5) is 12.3. The minimum absolute atomic E-state index is 0.0599. The smallest absolute Gasteiger partial charge is 0.311 e. The van der Waals surface area contributed by atoms with E-state index in [0.29, 0.717) is 30.6 Å². The fourth-order valence-corrected chi connectivity index (χ4v) is 3.69. The summed E-state index contributed by atoms with van der Waals surface area (Å²) >= 11 is 0.996. The zero-order valence-electron chi connectivity index (χ0n) is 10.9. The Morgan fingerprint density at radius 1 is 1.40 bits per heavy atom. The number of hydrogen-bond acceptors (Lipinski definition) is 6. The molecule has 0 radical (unpaired) electrons. The summed E-state index contributed by atoms with van der Waals surface area (Å²) in [5.74, 6) is 0.00956. The van der Waals surface area contributed by atoms with E-state index in [1.807, 2.05) is 0 Å². The molecular weight excluding hydrogens is 302 g/mol. The monoisotopic (exact) mass is 319 g/mol. The Labute approximate surface area is 121 Å². The van der Waals surface area contributed by atoms with Crippen molar-refractivity contribution in [1.29, 1.82) is 0 Å². The minimum atomic E-state index is -3.69. The summed E-state index contributed by atoms with van der Waals surface area (Å²) in [6.07, 6.45) is 1.88. The second kappa shape index (κ2) is 6.66. The molecule has 0 amide bonds. The lowest BCUT2D eigenvalue weighted by Crippen LogP contribution is -2.22. The Balaban J connectivity index is 1.80. The van der Waals surface area contributed by atoms with Gasteiger partial charge in [-0.2, -0.15) is 0 Å². The second-order valence-corrected chi connectivity index (χ2v) is 7.64. The summed E-state index contributed by atoms with van der Waals surface area (Å²) in [5, 5.41) is 5.01. The van der Waals surface area contributed by atoms with Gasteiger partial charge in [-0.3, -0.25) is 4.79 Å². The van der Waals surface area contributed by atoms with Gasteiger partial charge in [0.05, 0.1) is 13.0 Å². The number of hydrogen-bond donors (Lipinski definition) is 1. The largest absolute Gasteiger partial charge is 0.465 e. The normalized spacial score (nSPS) is 17.1. The zero-order chi connectivity index (χ0) is 14.6. The highest BCUT2D eigenvalue weighted by Crippen LogP contribution is 2.21. The van der Waals surface area contributed by atoms with Gasteiger partial charge in [0.1, 0.15) is 4.21 Å². The molecule has 0 spiro atoms. The Kier molecular flexibility index (Phi) is 5.14. The molecule has 1 aliphatic heterocycles. The van der Waals surface area contributed by atoms with Crippen molar-refractivity contribution >= 4 is 27.3 Å². The zero-order valence-corrected chi connectivity index (χ0v) is 12.5. The molecule has 1 aromatic rings. The Hall–Kier alpha value is -0.960. The molecule has 0 aliphatic carbocycles. The fourth-order valence-electron chi connectivity index (χ4n) is 1.92. The molecule has 0 unspecified atom stereocenters. The van der Waals surface area contributed by atoms with Gasteiger partial charge < -0.3 is 9.47 Å². The third kappa shape index (κ3) is 4.55. The number of rotatable bonds is 5. The molecule has 112 valence electrons. The van der Waals surface area contributed by atoms with Crippen LogP contribution in [0.5, 0.6) is 0 Å². The second-order valence-electron chi connectivity index (χ2n) is 4.68. The van der Waals surface area contributed by atoms with Crippen molar-refractivity contribution in [3.63, 3.8) is 0 Å². The fraction of sp³-hybridized carbons (Fsp3) is 0.583. The van der Waals surface area contributed by atoms with Gasteiger partial charge in [0.2, 0.25) is 10.0 Å². The van der Waals surface area contributed by atoms with Crippen LogP contribution < -0.4 is 5.14 Å². The van der Waals surface area contributed by atoms with E-state index in [4.69, 9.17) is 14.6 Å². The van der Waals surface area contributed by atoms with Crippen molar-refractivity contribution in [3.05, 3.63) is 17.0 Å². The highest BCUT2D eigenvalue weighted by molar-refractivity contribution is 7.91. The van der Waals surface area contributed by atoms with E-state index in [2.05, 4.69) is 0 Å². The van der Waals surface area contributed by atoms with E-state index in [-0.39, 0.29) is 16.6 Å². The number of esters is 1. The molecule has 1 saturated heterocycles. The van der Waals surface area contributed by atoms with Crippen LogP contribution in [0.4, 0.5) is 0 Å². The number of nitrogens with two attached hydrogens (primary N) is 1. The number of carbonyl (C=O) groups is 1. The first-order chi connectivity index (χ1) is 9.45. The maximum absolute atomic E-state index is 11.7. The highest BCUT2D eigenvalue weighted by Gasteiger charge is 2.17. The number of primary sulfonamides is 1. The number of sulfonamides is 1. The molecule has 1 aliphatic rings. The number of thiophene rings is 1. The van der Waals surface area contributed by atoms with E-state index in [1.165, 1.54) is 6.07 Å². The lowest BCUT2D eigenvalue weighted by atomic mass is 10.0. The first-order valence-electron chi connectivity index (χ1n) is 6.30. The molecule has 2 heterocycles. The highest BCUT2D eigenvalue weighted by atomic mass is 32.2. The first-order valence-corrected chi connectivity index (χ1v) is 8.66. The predicted molar refractivity (Wildman–Crippen MR) is 73.9 cm³/mol. The van der Waals surface area contributed by atoms with Crippen molar-refractivity contribution in [2.45, 2.75) is 23.5 Å². The van der Waals surface area contributed by atoms with Crippen molar-refractivity contribution in [2.75, 3.05) is 19.8 Å². The van der Waals surface area contributed by atoms with Gasteiger partial charge in [-0.25, -0.2) is 13.6 Å². The van der Waals surface area contributed by atoms with Crippen LogP contribution in [0.15, 0.2) is 16.3 Å². The molecule has 0 atom stereocenters. The summed E-state index contributed by atoms with van der Waals surface area (Å²) in [7, 11) is -3.69. The number of ether oxygens (including phenoxy) is 2. The van der Waals surface area contributed by atoms with Crippen molar-refractivity contribution < 1.29 is 22.7 Å². The quantitative estimate of drug-likeness (QED) is 0.814. The lowest BCUT2D eigenvalue weighted by Gasteiger charge is -2.21. The van der Waals surface area contributed by atoms with Gasteiger partial charge in [0.15, 0.2) is 0 Å². The van der Waals surface area contributed by atoms with Crippen molar-refractivity contribution in [3.8, 4) is 0 Å². The lowest BCUT2D eigenvalue weighted by molar-refractivity contribution is -0.145. The van der Waals surface area contributed by atoms with Crippen LogP contribution in [0, 0.1) is 5.92 Å². The van der Waals surface area contributed by atoms with Crippen molar-refractivity contribution in [2.24, 2.45) is 11.1 Å². The number of carbonyl (C=O) groups excluding carboxylic acids is 1. The topological polar surface area (TPSA) is 95.7 Å². The van der Waals surface area contributed by atoms with E-state index in [0.717, 1.165) is 24.2 Å². The van der Waals surface area contributed by atoms with Crippen LogP contribution in [0.1, 0.15) is 17.7 Å². The van der Waals surface area contributed by atoms with E-state index in [9.17, 15) is 13.2 Å². The van der Waals surface area contributed by atoms with Crippen LogP contribution in [-0.2, 0) is 30.7 Å². The Morgan fingerprint density at radius 3 is 2.70 bits per heavy atom. The molecule has 2 N–H and O–H groups in total. The van der Waals surface area contributed by atoms with Gasteiger partial charge in [-0.05, 0) is 30.9 Å². The predicted octanol–water partition coefficient (Wildman–Crippen LogP) is 0.908. The third-order valence-electron chi connectivity index (χ3n) is 3.06. The molecular formula is C12H17NO5S2. The summed E-state index contributed by atoms with van der Waals surface area (Å²) in [5.41, 5.74) is 0.